The van der Waals surface area contributed by atoms with Crippen molar-refractivity contribution in [3.05, 3.63) is 75.8 Å². The van der Waals surface area contributed by atoms with E-state index in [4.69, 9.17) is 0 Å². The zero-order chi connectivity index (χ0) is 15.2. The first-order chi connectivity index (χ1) is 10.0. The zero-order valence-electron chi connectivity index (χ0n) is 11.4. The lowest BCUT2D eigenvalue weighted by molar-refractivity contribution is -0.384. The van der Waals surface area contributed by atoms with Crippen LogP contribution in [-0.4, -0.2) is 10.8 Å². The third-order valence-electron chi connectivity index (χ3n) is 2.82. The first kappa shape index (κ1) is 14.5. The molecule has 0 aromatic heterocycles. The molecule has 0 spiro atoms. The molecule has 0 heterocycles. The van der Waals surface area contributed by atoms with Gasteiger partial charge >= 0.3 is 0 Å². The first-order valence-electron chi connectivity index (χ1n) is 6.35. The minimum absolute atomic E-state index is 0.0244. The van der Waals surface area contributed by atoms with Crippen LogP contribution in [0.3, 0.4) is 0 Å². The summed E-state index contributed by atoms with van der Waals surface area (Å²) in [5.41, 5.74) is 2.54. The second-order valence-corrected chi connectivity index (χ2v) is 4.54. The van der Waals surface area contributed by atoms with Crippen molar-refractivity contribution >= 4 is 23.4 Å². The number of aryl methyl sites for hydroxylation is 1. The summed E-state index contributed by atoms with van der Waals surface area (Å²) < 4.78 is 0. The van der Waals surface area contributed by atoms with Gasteiger partial charge in [0.1, 0.15) is 0 Å². The molecule has 0 aliphatic carbocycles. The number of nitrogens with zero attached hydrogens (tertiary/aromatic N) is 1. The van der Waals surface area contributed by atoms with E-state index in [0.29, 0.717) is 0 Å². The van der Waals surface area contributed by atoms with Crippen molar-refractivity contribution in [3.8, 4) is 0 Å². The highest BCUT2D eigenvalue weighted by Gasteiger charge is 2.03. The topological polar surface area (TPSA) is 72.2 Å². The molecule has 0 unspecified atom stereocenters. The molecule has 0 radical (unpaired) electrons. The first-order valence-corrected chi connectivity index (χ1v) is 6.35. The number of rotatable bonds is 4. The summed E-state index contributed by atoms with van der Waals surface area (Å²) in [5, 5.41) is 13.3. The quantitative estimate of drug-likeness (QED) is 0.529. The summed E-state index contributed by atoms with van der Waals surface area (Å²) in [6.45, 7) is 1.95. The fourth-order valence-electron chi connectivity index (χ4n) is 1.79. The Kier molecular flexibility index (Phi) is 4.46. The van der Waals surface area contributed by atoms with E-state index >= 15 is 0 Å². The summed E-state index contributed by atoms with van der Waals surface area (Å²) in [5.74, 6) is -0.251. The van der Waals surface area contributed by atoms with Gasteiger partial charge in [0.05, 0.1) is 4.92 Å². The van der Waals surface area contributed by atoms with Crippen molar-refractivity contribution in [2.45, 2.75) is 6.92 Å². The van der Waals surface area contributed by atoms with Gasteiger partial charge < -0.3 is 5.32 Å². The molecule has 106 valence electrons. The number of anilines is 1. The van der Waals surface area contributed by atoms with Gasteiger partial charge in [-0.25, -0.2) is 0 Å². The van der Waals surface area contributed by atoms with Crippen LogP contribution in [-0.2, 0) is 4.79 Å². The van der Waals surface area contributed by atoms with Crippen LogP contribution in [0.25, 0.3) is 6.08 Å². The molecule has 1 amide bonds. The van der Waals surface area contributed by atoms with Crippen molar-refractivity contribution in [2.75, 3.05) is 5.32 Å². The smallest absolute Gasteiger partial charge is 0.269 e. The number of carbonyl (C=O) groups excluding carboxylic acids is 1. The lowest BCUT2D eigenvalue weighted by Crippen LogP contribution is -2.07. The van der Waals surface area contributed by atoms with E-state index in [0.717, 1.165) is 16.8 Å². The standard InChI is InChI=1S/C16H14N2O3/c1-12-3-2-4-14(11-12)17-16(19)10-7-13-5-8-15(9-6-13)18(20)21/h2-11H,1H3,(H,17,19)/b10-7-. The minimum atomic E-state index is -0.460. The fourth-order valence-corrected chi connectivity index (χ4v) is 1.79. The van der Waals surface area contributed by atoms with Crippen LogP contribution >= 0.6 is 0 Å². The van der Waals surface area contributed by atoms with Gasteiger partial charge in [0.2, 0.25) is 5.91 Å². The van der Waals surface area contributed by atoms with Crippen molar-refractivity contribution in [1.82, 2.24) is 0 Å². The van der Waals surface area contributed by atoms with Gasteiger partial charge in [0, 0.05) is 23.9 Å². The lowest BCUT2D eigenvalue weighted by atomic mass is 10.2. The summed E-state index contributed by atoms with van der Waals surface area (Å²) in [4.78, 5) is 21.8. The second-order valence-electron chi connectivity index (χ2n) is 4.54. The van der Waals surface area contributed by atoms with E-state index in [1.807, 2.05) is 31.2 Å². The molecule has 0 aliphatic heterocycles. The highest BCUT2D eigenvalue weighted by atomic mass is 16.6. The highest BCUT2D eigenvalue weighted by Crippen LogP contribution is 2.13. The van der Waals surface area contributed by atoms with E-state index in [2.05, 4.69) is 5.32 Å². The summed E-state index contributed by atoms with van der Waals surface area (Å²) >= 11 is 0. The maximum Gasteiger partial charge on any atom is 0.269 e. The molecule has 0 saturated heterocycles. The molecular formula is C16H14N2O3. The maximum atomic E-state index is 11.8. The lowest BCUT2D eigenvalue weighted by Gasteiger charge is -2.02. The van der Waals surface area contributed by atoms with Crippen LogP contribution in [0.1, 0.15) is 11.1 Å². The second kappa shape index (κ2) is 6.47. The number of carbonyl (C=O) groups is 1. The molecule has 0 saturated carbocycles. The van der Waals surface area contributed by atoms with E-state index in [9.17, 15) is 14.9 Å². The molecule has 0 atom stereocenters. The van der Waals surface area contributed by atoms with Gasteiger partial charge in [-0.15, -0.1) is 0 Å². The van der Waals surface area contributed by atoms with E-state index in [1.54, 1.807) is 18.2 Å². The fraction of sp³-hybridized carbons (Fsp3) is 0.0625. The Balaban J connectivity index is 2.00. The molecule has 0 aliphatic rings. The maximum absolute atomic E-state index is 11.8. The summed E-state index contributed by atoms with van der Waals surface area (Å²) in [6.07, 6.45) is 3.00. The van der Waals surface area contributed by atoms with Crippen LogP contribution < -0.4 is 5.32 Å². The number of non-ortho nitro benzene ring substituents is 1. The SMILES string of the molecule is Cc1cccc(NC(=O)/C=C\c2ccc([N+](=O)[O-])cc2)c1. The number of hydrogen-bond donors (Lipinski definition) is 1. The van der Waals surface area contributed by atoms with Crippen molar-refractivity contribution in [1.29, 1.82) is 0 Å². The zero-order valence-corrected chi connectivity index (χ0v) is 11.4. The van der Waals surface area contributed by atoms with Gasteiger partial charge in [-0.2, -0.15) is 0 Å². The molecule has 5 heteroatoms. The number of nitrogens with one attached hydrogen (secondary N) is 1. The third-order valence-corrected chi connectivity index (χ3v) is 2.82. The number of benzene rings is 2. The molecular weight excluding hydrogens is 268 g/mol. The molecule has 2 aromatic rings. The Labute approximate surface area is 122 Å². The highest BCUT2D eigenvalue weighted by molar-refractivity contribution is 6.01. The van der Waals surface area contributed by atoms with E-state index < -0.39 is 4.92 Å². The van der Waals surface area contributed by atoms with Crippen LogP contribution in [0.5, 0.6) is 0 Å². The Bertz CT molecular complexity index is 691. The van der Waals surface area contributed by atoms with Crippen molar-refractivity contribution in [2.24, 2.45) is 0 Å². The van der Waals surface area contributed by atoms with Gasteiger partial charge in [0.25, 0.3) is 5.69 Å². The Morgan fingerprint density at radius 1 is 1.19 bits per heavy atom. The van der Waals surface area contributed by atoms with Crippen LogP contribution in [0.4, 0.5) is 11.4 Å². The normalized spacial score (nSPS) is 10.5. The monoisotopic (exact) mass is 282 g/mol. The number of amides is 1. The largest absolute Gasteiger partial charge is 0.323 e. The Morgan fingerprint density at radius 2 is 1.90 bits per heavy atom. The predicted octanol–water partition coefficient (Wildman–Crippen LogP) is 3.56. The van der Waals surface area contributed by atoms with E-state index in [1.165, 1.54) is 18.2 Å². The molecule has 0 bridgehead atoms. The van der Waals surface area contributed by atoms with Gasteiger partial charge in [-0.05, 0) is 48.4 Å². The Hall–Kier alpha value is -2.95. The van der Waals surface area contributed by atoms with Crippen LogP contribution in [0.2, 0.25) is 0 Å². The minimum Gasteiger partial charge on any atom is -0.323 e. The third kappa shape index (κ3) is 4.28. The molecule has 2 aromatic carbocycles. The van der Waals surface area contributed by atoms with Gasteiger partial charge in [-0.3, -0.25) is 14.9 Å². The number of hydrogen-bond acceptors (Lipinski definition) is 3. The van der Waals surface area contributed by atoms with Gasteiger partial charge in [-0.1, -0.05) is 12.1 Å². The van der Waals surface area contributed by atoms with Crippen LogP contribution in [0, 0.1) is 17.0 Å². The summed E-state index contributed by atoms with van der Waals surface area (Å²) in [7, 11) is 0. The number of nitro groups is 1. The molecule has 2 rings (SSSR count). The average Bonchev–Trinajstić information content (AvgIpc) is 2.45. The summed E-state index contributed by atoms with van der Waals surface area (Å²) in [6, 6.07) is 13.5. The van der Waals surface area contributed by atoms with Crippen LogP contribution in [0.15, 0.2) is 54.6 Å². The van der Waals surface area contributed by atoms with Crippen molar-refractivity contribution in [3.63, 3.8) is 0 Å². The van der Waals surface area contributed by atoms with Crippen molar-refractivity contribution < 1.29 is 9.72 Å². The molecule has 21 heavy (non-hydrogen) atoms. The Morgan fingerprint density at radius 3 is 2.52 bits per heavy atom. The number of nitro benzene ring substituents is 1. The molecule has 1 N–H and O–H groups in total. The predicted molar refractivity (Wildman–Crippen MR) is 81.9 cm³/mol. The van der Waals surface area contributed by atoms with Gasteiger partial charge in [0.15, 0.2) is 0 Å². The molecule has 0 fully saturated rings. The molecule has 5 nitrogen and oxygen atoms in total. The average molecular weight is 282 g/mol. The van der Waals surface area contributed by atoms with E-state index in [-0.39, 0.29) is 11.6 Å².